The number of hydrogen-bond acceptors (Lipinski definition) is 1. The number of hydrogen-bond donors (Lipinski definition) is 1. The molecule has 0 aromatic heterocycles. The van der Waals surface area contributed by atoms with Gasteiger partial charge in [0.05, 0.1) is 0 Å². The minimum absolute atomic E-state index is 0.140. The first kappa shape index (κ1) is 7.58. The zero-order valence-corrected chi connectivity index (χ0v) is 6.47. The zero-order valence-electron chi connectivity index (χ0n) is 6.47. The molecule has 1 amide bonds. The van der Waals surface area contributed by atoms with Crippen molar-refractivity contribution in [3.05, 3.63) is 0 Å². The average molecular weight is 141 g/mol. The molecule has 2 atom stereocenters. The largest absolute Gasteiger partial charge is 0.370 e. The molecular weight excluding hydrogens is 126 g/mol. The van der Waals surface area contributed by atoms with Crippen LogP contribution in [0, 0.1) is 11.8 Å². The summed E-state index contributed by atoms with van der Waals surface area (Å²) in [7, 11) is 0. The molecule has 0 radical (unpaired) electrons. The van der Waals surface area contributed by atoms with Crippen LogP contribution in [0.4, 0.5) is 0 Å². The van der Waals surface area contributed by atoms with Crippen LogP contribution < -0.4 is 5.73 Å². The van der Waals surface area contributed by atoms with Crippen molar-refractivity contribution < 1.29 is 4.79 Å². The van der Waals surface area contributed by atoms with Crippen LogP contribution in [-0.2, 0) is 4.79 Å². The zero-order chi connectivity index (χ0) is 7.56. The van der Waals surface area contributed by atoms with Crippen molar-refractivity contribution in [3.8, 4) is 0 Å². The van der Waals surface area contributed by atoms with E-state index in [1.165, 1.54) is 19.3 Å². The van der Waals surface area contributed by atoms with Gasteiger partial charge in [-0.15, -0.1) is 0 Å². The number of nitrogens with two attached hydrogens (primary N) is 1. The number of carbonyl (C=O) groups is 1. The van der Waals surface area contributed by atoms with Crippen molar-refractivity contribution in [3.63, 3.8) is 0 Å². The van der Waals surface area contributed by atoms with Crippen LogP contribution in [-0.4, -0.2) is 5.91 Å². The van der Waals surface area contributed by atoms with E-state index in [1.54, 1.807) is 0 Å². The molecule has 2 N–H and O–H groups in total. The van der Waals surface area contributed by atoms with Gasteiger partial charge in [0.2, 0.25) is 5.91 Å². The molecule has 0 aromatic rings. The molecule has 58 valence electrons. The maximum atomic E-state index is 10.5. The summed E-state index contributed by atoms with van der Waals surface area (Å²) < 4.78 is 0. The molecule has 2 unspecified atom stereocenters. The molecule has 0 spiro atoms. The lowest BCUT2D eigenvalue weighted by atomic mass is 10.0. The standard InChI is InChI=1S/C8H15NO/c1-6-2-3-7(4-6)5-8(9)10/h6-7H,2-5H2,1H3,(H2,9,10). The van der Waals surface area contributed by atoms with Crippen LogP contribution >= 0.6 is 0 Å². The Bertz CT molecular complexity index is 133. The lowest BCUT2D eigenvalue weighted by Crippen LogP contribution is -2.14. The summed E-state index contributed by atoms with van der Waals surface area (Å²) in [6.07, 6.45) is 4.27. The van der Waals surface area contributed by atoms with E-state index in [1.807, 2.05) is 0 Å². The molecule has 1 fully saturated rings. The molecule has 1 rings (SSSR count). The van der Waals surface area contributed by atoms with Crippen molar-refractivity contribution in [2.24, 2.45) is 17.6 Å². The molecule has 10 heavy (non-hydrogen) atoms. The molecular formula is C8H15NO. The van der Waals surface area contributed by atoms with Gasteiger partial charge in [0, 0.05) is 6.42 Å². The predicted molar refractivity (Wildman–Crippen MR) is 40.3 cm³/mol. The van der Waals surface area contributed by atoms with E-state index >= 15 is 0 Å². The third kappa shape index (κ3) is 2.01. The monoisotopic (exact) mass is 141 g/mol. The highest BCUT2D eigenvalue weighted by Gasteiger charge is 2.22. The number of primary amides is 1. The van der Waals surface area contributed by atoms with Crippen molar-refractivity contribution in [2.45, 2.75) is 32.6 Å². The van der Waals surface area contributed by atoms with Gasteiger partial charge in [-0.2, -0.15) is 0 Å². The van der Waals surface area contributed by atoms with E-state index in [9.17, 15) is 4.79 Å². The van der Waals surface area contributed by atoms with E-state index in [2.05, 4.69) is 6.92 Å². The Labute approximate surface area is 61.8 Å². The smallest absolute Gasteiger partial charge is 0.217 e. The fraction of sp³-hybridized carbons (Fsp3) is 0.875. The summed E-state index contributed by atoms with van der Waals surface area (Å²) in [6, 6.07) is 0. The third-order valence-electron chi connectivity index (χ3n) is 2.29. The van der Waals surface area contributed by atoms with Crippen LogP contribution in [0.2, 0.25) is 0 Å². The van der Waals surface area contributed by atoms with Crippen LogP contribution in [0.15, 0.2) is 0 Å². The number of rotatable bonds is 2. The Morgan fingerprint density at radius 2 is 2.30 bits per heavy atom. The summed E-state index contributed by atoms with van der Waals surface area (Å²) in [5, 5.41) is 0. The third-order valence-corrected chi connectivity index (χ3v) is 2.29. The Morgan fingerprint density at radius 1 is 1.60 bits per heavy atom. The quantitative estimate of drug-likeness (QED) is 0.618. The topological polar surface area (TPSA) is 43.1 Å². The van der Waals surface area contributed by atoms with Crippen molar-refractivity contribution in [1.29, 1.82) is 0 Å². The molecule has 0 aliphatic heterocycles. The molecule has 1 aliphatic carbocycles. The van der Waals surface area contributed by atoms with Crippen LogP contribution in [0.1, 0.15) is 32.6 Å². The summed E-state index contributed by atoms with van der Waals surface area (Å²) in [5.41, 5.74) is 5.08. The molecule has 1 saturated carbocycles. The Hall–Kier alpha value is -0.530. The van der Waals surface area contributed by atoms with Crippen LogP contribution in [0.25, 0.3) is 0 Å². The number of carbonyl (C=O) groups excluding carboxylic acids is 1. The molecule has 2 nitrogen and oxygen atoms in total. The first-order valence-corrected chi connectivity index (χ1v) is 3.96. The van der Waals surface area contributed by atoms with E-state index in [4.69, 9.17) is 5.73 Å². The molecule has 0 aromatic carbocycles. The van der Waals surface area contributed by atoms with Gasteiger partial charge >= 0.3 is 0 Å². The highest BCUT2D eigenvalue weighted by Crippen LogP contribution is 2.31. The van der Waals surface area contributed by atoms with Crippen molar-refractivity contribution in [2.75, 3.05) is 0 Å². The molecule has 0 heterocycles. The summed E-state index contributed by atoms with van der Waals surface area (Å²) in [4.78, 5) is 10.5. The van der Waals surface area contributed by atoms with Gasteiger partial charge in [0.15, 0.2) is 0 Å². The second kappa shape index (κ2) is 3.04. The Kier molecular flexibility index (Phi) is 2.30. The lowest BCUT2D eigenvalue weighted by molar-refractivity contribution is -0.118. The summed E-state index contributed by atoms with van der Waals surface area (Å²) in [6.45, 7) is 2.24. The maximum absolute atomic E-state index is 10.5. The fourth-order valence-corrected chi connectivity index (χ4v) is 1.79. The predicted octanol–water partition coefficient (Wildman–Crippen LogP) is 1.30. The first-order valence-electron chi connectivity index (χ1n) is 3.96. The second-order valence-corrected chi connectivity index (χ2v) is 3.45. The summed E-state index contributed by atoms with van der Waals surface area (Å²) in [5.74, 6) is 1.26. The van der Waals surface area contributed by atoms with Gasteiger partial charge < -0.3 is 5.73 Å². The minimum atomic E-state index is -0.140. The van der Waals surface area contributed by atoms with Gasteiger partial charge in [-0.1, -0.05) is 13.3 Å². The van der Waals surface area contributed by atoms with Gasteiger partial charge in [-0.05, 0) is 24.7 Å². The Balaban J connectivity index is 2.24. The fourth-order valence-electron chi connectivity index (χ4n) is 1.79. The van der Waals surface area contributed by atoms with E-state index < -0.39 is 0 Å². The van der Waals surface area contributed by atoms with Gasteiger partial charge in [0.25, 0.3) is 0 Å². The lowest BCUT2D eigenvalue weighted by Gasteiger charge is -2.04. The van der Waals surface area contributed by atoms with E-state index in [0.717, 1.165) is 5.92 Å². The first-order chi connectivity index (χ1) is 4.68. The van der Waals surface area contributed by atoms with Gasteiger partial charge in [-0.25, -0.2) is 0 Å². The molecule has 2 heteroatoms. The SMILES string of the molecule is CC1CCC(CC(N)=O)C1. The molecule has 1 aliphatic rings. The normalized spacial score (nSPS) is 32.5. The highest BCUT2D eigenvalue weighted by atomic mass is 16.1. The Morgan fingerprint density at radius 3 is 2.70 bits per heavy atom. The van der Waals surface area contributed by atoms with Crippen molar-refractivity contribution in [1.82, 2.24) is 0 Å². The molecule has 0 saturated heterocycles. The van der Waals surface area contributed by atoms with Gasteiger partial charge in [-0.3, -0.25) is 4.79 Å². The maximum Gasteiger partial charge on any atom is 0.217 e. The number of amides is 1. The summed E-state index contributed by atoms with van der Waals surface area (Å²) >= 11 is 0. The average Bonchev–Trinajstić information content (AvgIpc) is 2.13. The van der Waals surface area contributed by atoms with Crippen LogP contribution in [0.5, 0.6) is 0 Å². The highest BCUT2D eigenvalue weighted by molar-refractivity contribution is 5.74. The van der Waals surface area contributed by atoms with Crippen LogP contribution in [0.3, 0.4) is 0 Å². The van der Waals surface area contributed by atoms with E-state index in [0.29, 0.717) is 12.3 Å². The second-order valence-electron chi connectivity index (χ2n) is 3.45. The van der Waals surface area contributed by atoms with E-state index in [-0.39, 0.29) is 5.91 Å². The minimum Gasteiger partial charge on any atom is -0.370 e. The van der Waals surface area contributed by atoms with Gasteiger partial charge in [0.1, 0.15) is 0 Å². The molecule has 0 bridgehead atoms. The van der Waals surface area contributed by atoms with Crippen molar-refractivity contribution >= 4 is 5.91 Å².